The number of amides is 3. The number of piperazine rings is 1. The summed E-state index contributed by atoms with van der Waals surface area (Å²) >= 11 is 0. The standard InChI is InChI=1S/C53H64FN11O4/c1-33-30-61(32-40-26-46-47(28-43(40)54)65(53(69)60(46)5)44-11-13-49(66)58-51(44)67)24-25-64(33)31-35-15-20-63(21-16-35)52(68)38-8-6-36(7-9-38)37-17-22-62(23-18-37)34(2)45-27-42-41(14-19-56-50(42)59(45)4)39-10-12-48(55-3)57-29-39/h6-10,12,14,19,26-29,33-35,37,44H,11,13,15-18,20-25,30-32H2,1-5H3,(H,55,57)(H,58,66,67)/t33-,34-,44+/m0/s1. The van der Waals surface area contributed by atoms with Crippen LogP contribution in [0.15, 0.2) is 77.9 Å². The Bertz CT molecular complexity index is 2950. The fourth-order valence-corrected chi connectivity index (χ4v) is 11.6. The zero-order valence-corrected chi connectivity index (χ0v) is 40.5. The number of hydrogen-bond acceptors (Lipinski definition) is 10. The molecule has 0 radical (unpaired) electrons. The highest BCUT2D eigenvalue weighted by Crippen LogP contribution is 2.37. The van der Waals surface area contributed by atoms with Crippen molar-refractivity contribution in [3.8, 4) is 11.1 Å². The van der Waals surface area contributed by atoms with Crippen molar-refractivity contribution in [2.75, 3.05) is 64.7 Å². The Hall–Kier alpha value is -6.23. The van der Waals surface area contributed by atoms with Gasteiger partial charge in [0.25, 0.3) is 5.91 Å². The maximum absolute atomic E-state index is 15.7. The highest BCUT2D eigenvalue weighted by Gasteiger charge is 2.34. The minimum Gasteiger partial charge on any atom is -0.373 e. The van der Waals surface area contributed by atoms with Crippen LogP contribution in [0, 0.1) is 11.7 Å². The molecule has 15 nitrogen and oxygen atoms in total. The van der Waals surface area contributed by atoms with Gasteiger partial charge in [-0.3, -0.25) is 43.5 Å². The Kier molecular flexibility index (Phi) is 13.0. The highest BCUT2D eigenvalue weighted by molar-refractivity contribution is 6.00. The van der Waals surface area contributed by atoms with Crippen LogP contribution in [0.4, 0.5) is 10.2 Å². The first-order chi connectivity index (χ1) is 33.3. The molecule has 8 heterocycles. The Balaban J connectivity index is 0.685. The number of pyridine rings is 2. The van der Waals surface area contributed by atoms with Gasteiger partial charge in [0.2, 0.25) is 11.8 Å². The summed E-state index contributed by atoms with van der Waals surface area (Å²) in [6.45, 7) is 11.9. The molecule has 4 aliphatic rings. The Morgan fingerprint density at radius 2 is 1.64 bits per heavy atom. The van der Waals surface area contributed by atoms with Gasteiger partial charge in [0.05, 0.1) is 11.0 Å². The predicted octanol–water partition coefficient (Wildman–Crippen LogP) is 6.45. The lowest BCUT2D eigenvalue weighted by Gasteiger charge is -2.42. The van der Waals surface area contributed by atoms with Gasteiger partial charge in [-0.15, -0.1) is 0 Å². The van der Waals surface area contributed by atoms with Gasteiger partial charge >= 0.3 is 5.69 Å². The third-order valence-electron chi connectivity index (χ3n) is 15.8. The second-order valence-corrected chi connectivity index (χ2v) is 19.9. The van der Waals surface area contributed by atoms with Crippen molar-refractivity contribution < 1.29 is 18.8 Å². The number of rotatable bonds is 11. The minimum absolute atomic E-state index is 0.113. The molecule has 4 aliphatic heterocycles. The number of imidazole rings is 1. The van der Waals surface area contributed by atoms with E-state index in [2.05, 4.69) is 86.1 Å². The van der Waals surface area contributed by atoms with Gasteiger partial charge in [-0.1, -0.05) is 12.1 Å². The lowest BCUT2D eigenvalue weighted by Crippen LogP contribution is -2.53. The van der Waals surface area contributed by atoms with Crippen LogP contribution in [-0.4, -0.2) is 126 Å². The normalized spacial score (nSPS) is 21.0. The van der Waals surface area contributed by atoms with Gasteiger partial charge in [-0.05, 0) is 124 Å². The van der Waals surface area contributed by atoms with Crippen LogP contribution >= 0.6 is 0 Å². The molecule has 0 unspecified atom stereocenters. The number of nitrogens with one attached hydrogen (secondary N) is 2. The van der Waals surface area contributed by atoms with Gasteiger partial charge in [-0.2, -0.15) is 0 Å². The fourth-order valence-electron chi connectivity index (χ4n) is 11.6. The number of hydrogen-bond donors (Lipinski definition) is 2. The summed E-state index contributed by atoms with van der Waals surface area (Å²) in [6.07, 6.45) is 8.20. The molecular weight excluding hydrogens is 874 g/mol. The monoisotopic (exact) mass is 938 g/mol. The summed E-state index contributed by atoms with van der Waals surface area (Å²) in [4.78, 5) is 70.1. The quantitative estimate of drug-likeness (QED) is 0.139. The number of aryl methyl sites for hydroxylation is 2. The molecule has 69 heavy (non-hydrogen) atoms. The first-order valence-corrected chi connectivity index (χ1v) is 24.8. The summed E-state index contributed by atoms with van der Waals surface area (Å²) in [7, 11) is 5.63. The average molecular weight is 938 g/mol. The molecule has 2 aromatic carbocycles. The third-order valence-corrected chi connectivity index (χ3v) is 15.8. The summed E-state index contributed by atoms with van der Waals surface area (Å²) < 4.78 is 20.7. The molecule has 362 valence electrons. The third kappa shape index (κ3) is 9.09. The number of carbonyl (C=O) groups excluding carboxylic acids is 3. The largest absolute Gasteiger partial charge is 0.373 e. The van der Waals surface area contributed by atoms with Crippen molar-refractivity contribution in [2.45, 2.75) is 83.0 Å². The van der Waals surface area contributed by atoms with Gasteiger partial charge in [-0.25, -0.2) is 19.2 Å². The number of carbonyl (C=O) groups is 3. The number of nitrogens with zero attached hydrogens (tertiary/aromatic N) is 9. The lowest BCUT2D eigenvalue weighted by molar-refractivity contribution is -0.135. The molecule has 4 aromatic heterocycles. The molecule has 2 N–H and O–H groups in total. The average Bonchev–Trinajstić information content (AvgIpc) is 3.83. The van der Waals surface area contributed by atoms with Crippen LogP contribution in [0.3, 0.4) is 0 Å². The molecule has 0 bridgehead atoms. The molecule has 4 fully saturated rings. The van der Waals surface area contributed by atoms with E-state index in [0.29, 0.717) is 35.0 Å². The number of likely N-dealkylation sites (tertiary alicyclic amines) is 2. The van der Waals surface area contributed by atoms with E-state index in [-0.39, 0.29) is 36.7 Å². The van der Waals surface area contributed by atoms with E-state index in [9.17, 15) is 19.2 Å². The second kappa shape index (κ2) is 19.3. The van der Waals surface area contributed by atoms with E-state index in [4.69, 9.17) is 4.98 Å². The van der Waals surface area contributed by atoms with E-state index in [1.165, 1.54) is 26.5 Å². The van der Waals surface area contributed by atoms with Crippen LogP contribution in [0.5, 0.6) is 0 Å². The number of benzene rings is 2. The SMILES string of the molecule is CNc1ccc(-c2ccnc3c2cc([C@H](C)N2CCC(c4ccc(C(=O)N5CCC(CN6CCN(Cc7cc8c(cc7F)n([C@@H]7CCC(=O)NC7=O)c(=O)n8C)C[C@@H]6C)CC5)cc4)CC2)n3C)cn1. The van der Waals surface area contributed by atoms with Gasteiger partial charge in [0.15, 0.2) is 0 Å². The van der Waals surface area contributed by atoms with Gasteiger partial charge in [0, 0.05) is 132 Å². The van der Waals surface area contributed by atoms with Crippen LogP contribution in [0.1, 0.15) is 97.6 Å². The van der Waals surface area contributed by atoms with E-state index < -0.39 is 23.5 Å². The molecule has 16 heteroatoms. The smallest absolute Gasteiger partial charge is 0.329 e. The predicted molar refractivity (Wildman–Crippen MR) is 265 cm³/mol. The molecule has 0 spiro atoms. The van der Waals surface area contributed by atoms with Gasteiger partial charge in [0.1, 0.15) is 23.3 Å². The number of aromatic nitrogens is 5. The molecule has 10 rings (SSSR count). The molecule has 6 aromatic rings. The van der Waals surface area contributed by atoms with Crippen molar-refractivity contribution in [3.63, 3.8) is 0 Å². The second-order valence-electron chi connectivity index (χ2n) is 19.9. The van der Waals surface area contributed by atoms with Crippen molar-refractivity contribution in [1.82, 2.24) is 48.6 Å². The zero-order valence-electron chi connectivity index (χ0n) is 40.5. The van der Waals surface area contributed by atoms with Gasteiger partial charge < -0.3 is 14.8 Å². The molecule has 4 saturated heterocycles. The topological polar surface area (TPSA) is 146 Å². The number of imide groups is 1. The first-order valence-electron chi connectivity index (χ1n) is 24.8. The van der Waals surface area contributed by atoms with E-state index in [1.807, 2.05) is 42.5 Å². The molecule has 3 atom stereocenters. The molecule has 0 saturated carbocycles. The van der Waals surface area contributed by atoms with Crippen LogP contribution in [0.2, 0.25) is 0 Å². The fraction of sp³-hybridized carbons (Fsp3) is 0.472. The lowest BCUT2D eigenvalue weighted by atomic mass is 9.88. The Morgan fingerprint density at radius 3 is 2.33 bits per heavy atom. The van der Waals surface area contributed by atoms with Crippen LogP contribution in [-0.2, 0) is 30.2 Å². The summed E-state index contributed by atoms with van der Waals surface area (Å²) in [6, 6.07) is 19.7. The maximum atomic E-state index is 15.7. The number of anilines is 1. The van der Waals surface area contributed by atoms with Crippen molar-refractivity contribution in [1.29, 1.82) is 0 Å². The number of halogens is 1. The molecule has 0 aliphatic carbocycles. The summed E-state index contributed by atoms with van der Waals surface area (Å²) in [5.74, 6) is 0.596. The van der Waals surface area contributed by atoms with Crippen molar-refractivity contribution in [2.24, 2.45) is 20.0 Å². The van der Waals surface area contributed by atoms with E-state index >= 15 is 4.39 Å². The van der Waals surface area contributed by atoms with E-state index in [1.54, 1.807) is 13.1 Å². The Morgan fingerprint density at radius 1 is 0.870 bits per heavy atom. The summed E-state index contributed by atoms with van der Waals surface area (Å²) in [5, 5.41) is 6.54. The van der Waals surface area contributed by atoms with E-state index in [0.717, 1.165) is 112 Å². The maximum Gasteiger partial charge on any atom is 0.329 e. The van der Waals surface area contributed by atoms with Crippen molar-refractivity contribution in [3.05, 3.63) is 112 Å². The molecule has 3 amide bonds. The van der Waals surface area contributed by atoms with Crippen LogP contribution in [0.25, 0.3) is 33.2 Å². The number of piperidine rings is 3. The Labute approximate surface area is 402 Å². The number of fused-ring (bicyclic) bond motifs is 2. The highest BCUT2D eigenvalue weighted by atomic mass is 19.1. The van der Waals surface area contributed by atoms with Crippen molar-refractivity contribution >= 4 is 45.6 Å². The zero-order chi connectivity index (χ0) is 48.1. The van der Waals surface area contributed by atoms with Crippen LogP contribution < -0.4 is 16.3 Å². The minimum atomic E-state index is -0.858. The molecular formula is C53H64FN11O4. The summed E-state index contributed by atoms with van der Waals surface area (Å²) in [5.41, 5.74) is 7.52. The first kappa shape index (κ1) is 46.5.